The molecule has 96 valence electrons. The minimum absolute atomic E-state index is 0.392. The van der Waals surface area contributed by atoms with Gasteiger partial charge in [-0.1, -0.05) is 31.5 Å². The van der Waals surface area contributed by atoms with Gasteiger partial charge in [-0.2, -0.15) is 0 Å². The molecule has 0 bridgehead atoms. The van der Waals surface area contributed by atoms with Crippen LogP contribution in [0.5, 0.6) is 5.75 Å². The predicted octanol–water partition coefficient (Wildman–Crippen LogP) is 4.74. The van der Waals surface area contributed by atoms with Crippen LogP contribution in [0.2, 0.25) is 0 Å². The smallest absolute Gasteiger partial charge is 0.417 e. The minimum atomic E-state index is -3.05. The maximum absolute atomic E-state index is 12.4. The highest BCUT2D eigenvalue weighted by molar-refractivity contribution is 8.55. The van der Waals surface area contributed by atoms with E-state index in [9.17, 15) is 4.57 Å². The van der Waals surface area contributed by atoms with Gasteiger partial charge in [-0.3, -0.25) is 4.52 Å². The van der Waals surface area contributed by atoms with Crippen LogP contribution in [0, 0.1) is 0 Å². The lowest BCUT2D eigenvalue weighted by atomic mass is 10.3. The van der Waals surface area contributed by atoms with E-state index in [0.29, 0.717) is 12.4 Å². The average Bonchev–Trinajstić information content (AvgIpc) is 2.31. The SMILES string of the molecule is CCCCSP(=O)(OCC)Oc1ccccc1. The molecule has 0 fully saturated rings. The molecule has 0 aliphatic rings. The summed E-state index contributed by atoms with van der Waals surface area (Å²) in [4.78, 5) is 0. The number of unbranched alkanes of at least 4 members (excludes halogenated alkanes) is 1. The third-order valence-electron chi connectivity index (χ3n) is 1.99. The molecule has 0 N–H and O–H groups in total. The highest BCUT2D eigenvalue weighted by Gasteiger charge is 2.26. The van der Waals surface area contributed by atoms with Crippen molar-refractivity contribution in [3.63, 3.8) is 0 Å². The standard InChI is InChI=1S/C12H19O3PS/c1-3-5-11-17-16(13,14-4-2)15-12-9-7-6-8-10-12/h6-10H,3-5,11H2,1-2H3. The first kappa shape index (κ1) is 14.6. The zero-order chi connectivity index (χ0) is 12.6. The monoisotopic (exact) mass is 274 g/mol. The summed E-state index contributed by atoms with van der Waals surface area (Å²) in [6.07, 6.45) is 2.09. The molecular formula is C12H19O3PS. The Hall–Kier alpha value is -0.440. The Morgan fingerprint density at radius 2 is 1.94 bits per heavy atom. The third-order valence-corrected chi connectivity index (χ3v) is 5.83. The number of para-hydroxylation sites is 1. The van der Waals surface area contributed by atoms with Crippen LogP contribution in [0.3, 0.4) is 0 Å². The number of hydrogen-bond acceptors (Lipinski definition) is 4. The Morgan fingerprint density at radius 3 is 2.53 bits per heavy atom. The lowest BCUT2D eigenvalue weighted by Crippen LogP contribution is -1.96. The van der Waals surface area contributed by atoms with Crippen LogP contribution in [0.4, 0.5) is 0 Å². The van der Waals surface area contributed by atoms with Crippen LogP contribution < -0.4 is 4.52 Å². The molecule has 0 spiro atoms. The molecule has 17 heavy (non-hydrogen) atoms. The van der Waals surface area contributed by atoms with Gasteiger partial charge < -0.3 is 4.52 Å². The zero-order valence-corrected chi connectivity index (χ0v) is 12.0. The molecule has 5 heteroatoms. The minimum Gasteiger partial charge on any atom is -0.417 e. The van der Waals surface area contributed by atoms with Crippen molar-refractivity contribution in [1.82, 2.24) is 0 Å². The first-order chi connectivity index (χ1) is 8.20. The van der Waals surface area contributed by atoms with Crippen molar-refractivity contribution in [2.75, 3.05) is 12.4 Å². The van der Waals surface area contributed by atoms with Gasteiger partial charge in [0, 0.05) is 5.75 Å². The zero-order valence-electron chi connectivity index (χ0n) is 10.3. The number of rotatable bonds is 8. The molecule has 0 saturated heterocycles. The summed E-state index contributed by atoms with van der Waals surface area (Å²) in [5.41, 5.74) is 0. The lowest BCUT2D eigenvalue weighted by molar-refractivity contribution is 0.296. The van der Waals surface area contributed by atoms with Gasteiger partial charge in [0.1, 0.15) is 5.75 Å². The van der Waals surface area contributed by atoms with E-state index in [1.807, 2.05) is 25.1 Å². The number of hydrogen-bond donors (Lipinski definition) is 0. The van der Waals surface area contributed by atoms with Gasteiger partial charge in [-0.05, 0) is 36.9 Å². The van der Waals surface area contributed by atoms with Crippen molar-refractivity contribution >= 4 is 18.2 Å². The second kappa shape index (κ2) is 7.80. The normalized spacial score (nSPS) is 14.2. The summed E-state index contributed by atoms with van der Waals surface area (Å²) < 4.78 is 23.1. The van der Waals surface area contributed by atoms with E-state index in [4.69, 9.17) is 9.05 Å². The van der Waals surface area contributed by atoms with E-state index >= 15 is 0 Å². The van der Waals surface area contributed by atoms with Crippen LogP contribution in [0.15, 0.2) is 30.3 Å². The van der Waals surface area contributed by atoms with Crippen molar-refractivity contribution in [3.05, 3.63) is 30.3 Å². The van der Waals surface area contributed by atoms with Gasteiger partial charge in [0.25, 0.3) is 0 Å². The van der Waals surface area contributed by atoms with E-state index in [-0.39, 0.29) is 0 Å². The first-order valence-corrected chi connectivity index (χ1v) is 8.97. The van der Waals surface area contributed by atoms with Gasteiger partial charge in [-0.15, -0.1) is 0 Å². The van der Waals surface area contributed by atoms with E-state index in [1.165, 1.54) is 11.4 Å². The van der Waals surface area contributed by atoms with E-state index in [2.05, 4.69) is 6.92 Å². The molecule has 0 aliphatic heterocycles. The van der Waals surface area contributed by atoms with Crippen LogP contribution in [0.25, 0.3) is 0 Å². The molecule has 0 radical (unpaired) electrons. The van der Waals surface area contributed by atoms with Gasteiger partial charge in [-0.25, -0.2) is 4.57 Å². The summed E-state index contributed by atoms with van der Waals surface area (Å²) in [5.74, 6) is 1.38. The average molecular weight is 274 g/mol. The maximum Gasteiger partial charge on any atom is 0.440 e. The highest BCUT2D eigenvalue weighted by Crippen LogP contribution is 2.60. The Balaban J connectivity index is 2.61. The fourth-order valence-electron chi connectivity index (χ4n) is 1.18. The van der Waals surface area contributed by atoms with Gasteiger partial charge in [0.15, 0.2) is 0 Å². The summed E-state index contributed by atoms with van der Waals surface area (Å²) in [6, 6.07) is 9.16. The van der Waals surface area contributed by atoms with E-state index < -0.39 is 6.80 Å². The fourth-order valence-corrected chi connectivity index (χ4v) is 4.71. The summed E-state index contributed by atoms with van der Waals surface area (Å²) in [5, 5.41) is 0. The number of benzene rings is 1. The van der Waals surface area contributed by atoms with Crippen molar-refractivity contribution in [2.24, 2.45) is 0 Å². The molecule has 1 rings (SSSR count). The lowest BCUT2D eigenvalue weighted by Gasteiger charge is -2.17. The molecule has 0 heterocycles. The predicted molar refractivity (Wildman–Crippen MR) is 73.7 cm³/mol. The Morgan fingerprint density at radius 1 is 1.24 bits per heavy atom. The highest BCUT2D eigenvalue weighted by atomic mass is 32.7. The van der Waals surface area contributed by atoms with Crippen molar-refractivity contribution in [2.45, 2.75) is 26.7 Å². The Kier molecular flexibility index (Phi) is 6.71. The molecule has 0 aliphatic carbocycles. The molecule has 1 atom stereocenters. The van der Waals surface area contributed by atoms with Crippen LogP contribution in [0.1, 0.15) is 26.7 Å². The second-order valence-corrected chi connectivity index (χ2v) is 7.57. The Bertz CT molecular complexity index is 356. The molecule has 1 aromatic rings. The van der Waals surface area contributed by atoms with Crippen LogP contribution >= 0.6 is 18.2 Å². The van der Waals surface area contributed by atoms with Gasteiger partial charge in [0.05, 0.1) is 6.61 Å². The van der Waals surface area contributed by atoms with Gasteiger partial charge in [0.2, 0.25) is 0 Å². The molecule has 3 nitrogen and oxygen atoms in total. The van der Waals surface area contributed by atoms with Crippen molar-refractivity contribution < 1.29 is 13.6 Å². The summed E-state index contributed by atoms with van der Waals surface area (Å²) in [6.45, 7) is 1.26. The van der Waals surface area contributed by atoms with Gasteiger partial charge >= 0.3 is 6.80 Å². The molecule has 0 amide bonds. The largest absolute Gasteiger partial charge is 0.440 e. The molecule has 1 unspecified atom stereocenters. The third kappa shape index (κ3) is 5.62. The van der Waals surface area contributed by atoms with Crippen LogP contribution in [-0.2, 0) is 9.09 Å². The van der Waals surface area contributed by atoms with Crippen molar-refractivity contribution in [3.8, 4) is 5.75 Å². The van der Waals surface area contributed by atoms with Crippen molar-refractivity contribution in [1.29, 1.82) is 0 Å². The Labute approximate surface area is 107 Å². The quantitative estimate of drug-likeness (QED) is 0.506. The summed E-state index contributed by atoms with van der Waals surface area (Å²) >= 11 is 1.28. The van der Waals surface area contributed by atoms with E-state index in [1.54, 1.807) is 12.1 Å². The maximum atomic E-state index is 12.4. The van der Waals surface area contributed by atoms with E-state index in [0.717, 1.165) is 18.6 Å². The first-order valence-electron chi connectivity index (χ1n) is 5.84. The second-order valence-electron chi connectivity index (χ2n) is 3.46. The molecule has 0 saturated carbocycles. The molecule has 0 aromatic heterocycles. The summed E-state index contributed by atoms with van der Waals surface area (Å²) in [7, 11) is 0. The fraction of sp³-hybridized carbons (Fsp3) is 0.500. The molecule has 1 aromatic carbocycles. The van der Waals surface area contributed by atoms with Crippen LogP contribution in [-0.4, -0.2) is 12.4 Å². The molecular weight excluding hydrogens is 255 g/mol. The topological polar surface area (TPSA) is 35.5 Å².